The molecular formula is C24H24O4. The minimum Gasteiger partial charge on any atom is -0.466 e. The zero-order valence-corrected chi connectivity index (χ0v) is 16.1. The molecular weight excluding hydrogens is 352 g/mol. The molecule has 2 aromatic rings. The first-order valence-corrected chi connectivity index (χ1v) is 7.93. The minimum atomic E-state index is -0.630. The van der Waals surface area contributed by atoms with Gasteiger partial charge in [-0.15, -0.1) is 12.8 Å². The van der Waals surface area contributed by atoms with Gasteiger partial charge in [-0.3, -0.25) is 0 Å². The first-order valence-electron chi connectivity index (χ1n) is 7.93. The summed E-state index contributed by atoms with van der Waals surface area (Å²) in [4.78, 5) is 19.6. The van der Waals surface area contributed by atoms with Gasteiger partial charge in [0.1, 0.15) is 0 Å². The number of terminal acetylenes is 2. The number of hydrogen-bond donors (Lipinski definition) is 0. The lowest BCUT2D eigenvalue weighted by Gasteiger charge is -1.85. The second kappa shape index (κ2) is 19.3. The van der Waals surface area contributed by atoms with E-state index in [1.807, 2.05) is 66.7 Å². The van der Waals surface area contributed by atoms with Crippen LogP contribution < -0.4 is 0 Å². The SMILES string of the molecule is C#CC(=O)OC.C#Cc1ccccc1.C=CC(=O)OC.C=Cc1ccccc1. The van der Waals surface area contributed by atoms with Gasteiger partial charge in [-0.1, -0.05) is 73.7 Å². The summed E-state index contributed by atoms with van der Waals surface area (Å²) in [7, 11) is 2.55. The number of benzene rings is 2. The lowest BCUT2D eigenvalue weighted by atomic mass is 10.2. The van der Waals surface area contributed by atoms with E-state index in [0.717, 1.165) is 11.6 Å². The van der Waals surface area contributed by atoms with E-state index in [4.69, 9.17) is 6.42 Å². The fraction of sp³-hybridized carbons (Fsp3) is 0.0833. The summed E-state index contributed by atoms with van der Waals surface area (Å²) in [6.07, 6.45) is 12.6. The number of methoxy groups -OCH3 is 2. The third-order valence-electron chi connectivity index (χ3n) is 2.65. The van der Waals surface area contributed by atoms with Crippen LogP contribution in [-0.4, -0.2) is 26.2 Å². The van der Waals surface area contributed by atoms with E-state index in [9.17, 15) is 9.59 Å². The molecule has 0 atom stereocenters. The Morgan fingerprint density at radius 2 is 1.39 bits per heavy atom. The van der Waals surface area contributed by atoms with E-state index >= 15 is 0 Å². The Kier molecular flexibility index (Phi) is 18.1. The highest BCUT2D eigenvalue weighted by atomic mass is 16.5. The maximum Gasteiger partial charge on any atom is 0.383 e. The van der Waals surface area contributed by atoms with E-state index in [1.54, 1.807) is 5.92 Å². The van der Waals surface area contributed by atoms with Gasteiger partial charge in [0.15, 0.2) is 0 Å². The van der Waals surface area contributed by atoms with Gasteiger partial charge in [0.05, 0.1) is 14.2 Å². The molecule has 0 bridgehead atoms. The van der Waals surface area contributed by atoms with Crippen molar-refractivity contribution in [1.29, 1.82) is 0 Å². The van der Waals surface area contributed by atoms with Gasteiger partial charge in [0, 0.05) is 17.6 Å². The van der Waals surface area contributed by atoms with Crippen molar-refractivity contribution in [1.82, 2.24) is 0 Å². The van der Waals surface area contributed by atoms with Crippen molar-refractivity contribution in [3.05, 3.63) is 91.0 Å². The first-order chi connectivity index (χ1) is 13.5. The molecule has 0 aromatic heterocycles. The Balaban J connectivity index is 0. The summed E-state index contributed by atoms with van der Waals surface area (Å²) in [5.41, 5.74) is 2.11. The minimum absolute atomic E-state index is 0.394. The van der Waals surface area contributed by atoms with Crippen LogP contribution in [0.2, 0.25) is 0 Å². The predicted molar refractivity (Wildman–Crippen MR) is 114 cm³/mol. The fourth-order valence-electron chi connectivity index (χ4n) is 1.27. The normalized spacial score (nSPS) is 7.43. The van der Waals surface area contributed by atoms with Gasteiger partial charge in [0.2, 0.25) is 0 Å². The third kappa shape index (κ3) is 16.8. The Hall–Kier alpha value is -4.02. The molecule has 0 N–H and O–H groups in total. The van der Waals surface area contributed by atoms with Crippen LogP contribution in [0.3, 0.4) is 0 Å². The van der Waals surface area contributed by atoms with E-state index in [1.165, 1.54) is 19.8 Å². The zero-order chi connectivity index (χ0) is 21.6. The number of ether oxygens (including phenoxy) is 2. The van der Waals surface area contributed by atoms with E-state index < -0.39 is 11.9 Å². The van der Waals surface area contributed by atoms with E-state index in [0.29, 0.717) is 0 Å². The number of carbonyl (C=O) groups is 2. The van der Waals surface area contributed by atoms with Gasteiger partial charge in [0.25, 0.3) is 0 Å². The summed E-state index contributed by atoms with van der Waals surface area (Å²) in [6.45, 7) is 6.79. The highest BCUT2D eigenvalue weighted by Crippen LogP contribution is 1.97. The fourth-order valence-corrected chi connectivity index (χ4v) is 1.27. The quantitative estimate of drug-likeness (QED) is 0.342. The van der Waals surface area contributed by atoms with Gasteiger partial charge in [-0.25, -0.2) is 9.59 Å². The van der Waals surface area contributed by atoms with Crippen LogP contribution >= 0.6 is 0 Å². The molecule has 0 aliphatic heterocycles. The summed E-state index contributed by atoms with van der Waals surface area (Å²) >= 11 is 0. The predicted octanol–water partition coefficient (Wildman–Crippen LogP) is 4.14. The van der Waals surface area contributed by atoms with Crippen LogP contribution in [0.25, 0.3) is 6.08 Å². The average Bonchev–Trinajstić information content (AvgIpc) is 2.80. The molecule has 0 saturated carbocycles. The highest BCUT2D eigenvalue weighted by molar-refractivity contribution is 5.87. The smallest absolute Gasteiger partial charge is 0.383 e. The molecule has 4 heteroatoms. The molecule has 144 valence electrons. The number of rotatable bonds is 2. The van der Waals surface area contributed by atoms with E-state index in [-0.39, 0.29) is 0 Å². The number of carbonyl (C=O) groups excluding carboxylic acids is 2. The number of hydrogen-bond acceptors (Lipinski definition) is 4. The highest BCUT2D eigenvalue weighted by Gasteiger charge is 1.83. The van der Waals surface area contributed by atoms with Crippen LogP contribution in [0.1, 0.15) is 11.1 Å². The standard InChI is InChI=1S/C8H8.C8H6.C4H6O2.C4H4O2/c2*1-2-8-6-4-3-5-7-8;2*1-3-4(5)6-2/h2-7H,1H2;1,3-7H;3H,1H2,2H3;1H,2H3. The van der Waals surface area contributed by atoms with Gasteiger partial charge < -0.3 is 9.47 Å². The van der Waals surface area contributed by atoms with Gasteiger partial charge in [-0.05, 0) is 17.7 Å². The Morgan fingerprint density at radius 3 is 1.57 bits per heavy atom. The van der Waals surface area contributed by atoms with Crippen molar-refractivity contribution in [2.75, 3.05) is 14.2 Å². The van der Waals surface area contributed by atoms with Crippen molar-refractivity contribution in [2.24, 2.45) is 0 Å². The van der Waals surface area contributed by atoms with Crippen molar-refractivity contribution >= 4 is 18.0 Å². The maximum absolute atomic E-state index is 9.84. The number of esters is 2. The van der Waals surface area contributed by atoms with Crippen molar-refractivity contribution in [2.45, 2.75) is 0 Å². The van der Waals surface area contributed by atoms with Crippen molar-refractivity contribution in [3.8, 4) is 24.7 Å². The summed E-state index contributed by atoms with van der Waals surface area (Å²) in [5, 5.41) is 0. The van der Waals surface area contributed by atoms with Crippen LogP contribution in [0.4, 0.5) is 0 Å². The first kappa shape index (κ1) is 26.2. The molecule has 0 saturated heterocycles. The molecule has 2 aromatic carbocycles. The second-order valence-corrected chi connectivity index (χ2v) is 4.49. The molecule has 28 heavy (non-hydrogen) atoms. The van der Waals surface area contributed by atoms with Gasteiger partial charge >= 0.3 is 11.9 Å². The topological polar surface area (TPSA) is 52.6 Å². The molecule has 0 unspecified atom stereocenters. The molecule has 0 aliphatic carbocycles. The Bertz CT molecular complexity index is 779. The van der Waals surface area contributed by atoms with Crippen LogP contribution in [0.15, 0.2) is 79.9 Å². The molecule has 0 spiro atoms. The lowest BCUT2D eigenvalue weighted by molar-refractivity contribution is -0.135. The zero-order valence-electron chi connectivity index (χ0n) is 16.1. The lowest BCUT2D eigenvalue weighted by Crippen LogP contribution is -1.92. The summed E-state index contributed by atoms with van der Waals surface area (Å²) in [5.74, 6) is 3.26. The third-order valence-corrected chi connectivity index (χ3v) is 2.65. The van der Waals surface area contributed by atoms with Crippen LogP contribution in [0.5, 0.6) is 0 Å². The van der Waals surface area contributed by atoms with Crippen LogP contribution in [-0.2, 0) is 19.1 Å². The molecule has 0 aliphatic rings. The average molecular weight is 376 g/mol. The Morgan fingerprint density at radius 1 is 0.893 bits per heavy atom. The molecule has 0 amide bonds. The molecule has 0 fully saturated rings. The Labute approximate surface area is 167 Å². The second-order valence-electron chi connectivity index (χ2n) is 4.49. The van der Waals surface area contributed by atoms with Crippen molar-refractivity contribution in [3.63, 3.8) is 0 Å². The molecule has 4 nitrogen and oxygen atoms in total. The maximum atomic E-state index is 9.84. The molecule has 0 radical (unpaired) electrons. The monoisotopic (exact) mass is 376 g/mol. The summed E-state index contributed by atoms with van der Waals surface area (Å²) in [6, 6.07) is 19.6. The summed E-state index contributed by atoms with van der Waals surface area (Å²) < 4.78 is 8.17. The largest absolute Gasteiger partial charge is 0.466 e. The van der Waals surface area contributed by atoms with Gasteiger partial charge in [-0.2, -0.15) is 0 Å². The molecule has 2 rings (SSSR count). The van der Waals surface area contributed by atoms with E-state index in [2.05, 4.69) is 35.0 Å². The van der Waals surface area contributed by atoms with Crippen molar-refractivity contribution < 1.29 is 19.1 Å². The van der Waals surface area contributed by atoms with Crippen LogP contribution in [0, 0.1) is 24.7 Å². The molecule has 0 heterocycles.